The van der Waals surface area contributed by atoms with Gasteiger partial charge in [0.05, 0.1) is 17.1 Å². The fraction of sp³-hybridized carbons (Fsp3) is 0.571. The second kappa shape index (κ2) is 5.92. The first-order valence-corrected chi connectivity index (χ1v) is 8.92. The minimum absolute atomic E-state index is 0.104. The van der Waals surface area contributed by atoms with Crippen molar-refractivity contribution in [2.75, 3.05) is 6.61 Å². The molecule has 112 valence electrons. The highest BCUT2D eigenvalue weighted by molar-refractivity contribution is 8.13. The molecule has 1 heterocycles. The summed E-state index contributed by atoms with van der Waals surface area (Å²) in [5, 5.41) is 0. The predicted molar refractivity (Wildman–Crippen MR) is 78.0 cm³/mol. The molecule has 2 rings (SSSR count). The van der Waals surface area contributed by atoms with Gasteiger partial charge in [-0.05, 0) is 56.9 Å². The number of hydrogen-bond acceptors (Lipinski definition) is 4. The maximum atomic E-state index is 11.4. The highest BCUT2D eigenvalue weighted by atomic mass is 35.7. The lowest BCUT2D eigenvalue weighted by Gasteiger charge is -2.16. The van der Waals surface area contributed by atoms with Crippen LogP contribution in [0.15, 0.2) is 17.0 Å². The molecule has 0 aromatic heterocycles. The highest BCUT2D eigenvalue weighted by Crippen LogP contribution is 2.29. The summed E-state index contributed by atoms with van der Waals surface area (Å²) in [5.74, 6) is 0.706. The largest absolute Gasteiger partial charge is 0.490 e. The third-order valence-corrected chi connectivity index (χ3v) is 4.78. The molecule has 1 aliphatic heterocycles. The first-order valence-electron chi connectivity index (χ1n) is 6.61. The van der Waals surface area contributed by atoms with Crippen molar-refractivity contribution in [3.05, 3.63) is 23.3 Å². The summed E-state index contributed by atoms with van der Waals surface area (Å²) in [6, 6.07) is 3.06. The fourth-order valence-electron chi connectivity index (χ4n) is 2.46. The van der Waals surface area contributed by atoms with Crippen LogP contribution in [0.1, 0.15) is 30.9 Å². The first kappa shape index (κ1) is 15.6. The van der Waals surface area contributed by atoms with Gasteiger partial charge < -0.3 is 9.47 Å². The number of aryl methyl sites for hydroxylation is 2. The second-order valence-electron chi connectivity index (χ2n) is 5.28. The summed E-state index contributed by atoms with van der Waals surface area (Å²) in [4.78, 5) is 0.104. The molecule has 0 bridgehead atoms. The molecule has 0 aliphatic carbocycles. The highest BCUT2D eigenvalue weighted by Gasteiger charge is 2.23. The van der Waals surface area contributed by atoms with Gasteiger partial charge >= 0.3 is 0 Å². The Balaban J connectivity index is 2.13. The van der Waals surface area contributed by atoms with Gasteiger partial charge in [0.15, 0.2) is 0 Å². The van der Waals surface area contributed by atoms with E-state index < -0.39 is 9.05 Å². The number of halogens is 1. The van der Waals surface area contributed by atoms with Gasteiger partial charge in [0, 0.05) is 10.7 Å². The Bertz CT molecular complexity index is 574. The van der Waals surface area contributed by atoms with E-state index in [0.29, 0.717) is 12.4 Å². The lowest BCUT2D eigenvalue weighted by atomic mass is 10.1. The quantitative estimate of drug-likeness (QED) is 0.800. The van der Waals surface area contributed by atoms with Gasteiger partial charge in [-0.1, -0.05) is 0 Å². The zero-order valence-corrected chi connectivity index (χ0v) is 13.4. The molecule has 1 aliphatic rings. The topological polar surface area (TPSA) is 52.6 Å². The Kier molecular flexibility index (Phi) is 4.62. The van der Waals surface area contributed by atoms with E-state index in [0.717, 1.165) is 24.0 Å². The zero-order valence-electron chi connectivity index (χ0n) is 11.8. The fourth-order valence-corrected chi connectivity index (χ4v) is 3.37. The van der Waals surface area contributed by atoms with Crippen LogP contribution >= 0.6 is 10.7 Å². The average Bonchev–Trinajstić information content (AvgIpc) is 2.72. The van der Waals surface area contributed by atoms with Gasteiger partial charge in [0.2, 0.25) is 0 Å². The van der Waals surface area contributed by atoms with Crippen LogP contribution < -0.4 is 4.74 Å². The van der Waals surface area contributed by atoms with Crippen molar-refractivity contribution >= 4 is 19.7 Å². The molecular weight excluding hydrogens is 300 g/mol. The molecule has 0 radical (unpaired) electrons. The van der Waals surface area contributed by atoms with Crippen molar-refractivity contribution in [3.63, 3.8) is 0 Å². The van der Waals surface area contributed by atoms with Gasteiger partial charge in [-0.25, -0.2) is 8.42 Å². The van der Waals surface area contributed by atoms with Gasteiger partial charge in [-0.2, -0.15) is 0 Å². The Hall–Kier alpha value is -0.780. The molecule has 2 unspecified atom stereocenters. The van der Waals surface area contributed by atoms with Crippen LogP contribution in [-0.4, -0.2) is 27.2 Å². The molecule has 1 fully saturated rings. The molecule has 1 saturated heterocycles. The molecule has 0 N–H and O–H groups in total. The van der Waals surface area contributed by atoms with Crippen LogP contribution in [0.4, 0.5) is 0 Å². The summed E-state index contributed by atoms with van der Waals surface area (Å²) in [5.41, 5.74) is 1.52. The van der Waals surface area contributed by atoms with E-state index in [4.69, 9.17) is 20.2 Å². The molecule has 20 heavy (non-hydrogen) atoms. The maximum absolute atomic E-state index is 11.4. The Morgan fingerprint density at radius 2 is 1.90 bits per heavy atom. The standard InChI is InChI=1S/C14H19ClO4S/c1-9-6-13(20(15,16)17)7-10(2)14(9)18-8-12-5-4-11(3)19-12/h6-7,11-12H,4-5,8H2,1-3H3. The second-order valence-corrected chi connectivity index (χ2v) is 7.85. The third-order valence-electron chi connectivity index (χ3n) is 3.45. The summed E-state index contributed by atoms with van der Waals surface area (Å²) < 4.78 is 34.2. The number of benzene rings is 1. The molecular formula is C14H19ClO4S. The molecule has 4 nitrogen and oxygen atoms in total. The molecule has 0 saturated carbocycles. The molecule has 2 atom stereocenters. The SMILES string of the molecule is Cc1cc(S(=O)(=O)Cl)cc(C)c1OCC1CCC(C)O1. The molecule has 1 aromatic rings. The summed E-state index contributed by atoms with van der Waals surface area (Å²) in [7, 11) is 1.65. The van der Waals surface area contributed by atoms with E-state index in [-0.39, 0.29) is 17.1 Å². The Morgan fingerprint density at radius 1 is 1.30 bits per heavy atom. The average molecular weight is 319 g/mol. The smallest absolute Gasteiger partial charge is 0.261 e. The summed E-state index contributed by atoms with van der Waals surface area (Å²) in [6.07, 6.45) is 2.44. The zero-order chi connectivity index (χ0) is 14.9. The minimum Gasteiger partial charge on any atom is -0.490 e. The van der Waals surface area contributed by atoms with Crippen LogP contribution in [-0.2, 0) is 13.8 Å². The normalized spacial score (nSPS) is 23.0. The van der Waals surface area contributed by atoms with Gasteiger partial charge in [-0.15, -0.1) is 0 Å². The van der Waals surface area contributed by atoms with E-state index in [2.05, 4.69) is 6.92 Å². The van der Waals surface area contributed by atoms with E-state index in [1.807, 2.05) is 13.8 Å². The van der Waals surface area contributed by atoms with Crippen LogP contribution in [0.5, 0.6) is 5.75 Å². The Labute approximate surface area is 124 Å². The van der Waals surface area contributed by atoms with Crippen molar-refractivity contribution in [2.45, 2.75) is 50.7 Å². The lowest BCUT2D eigenvalue weighted by Crippen LogP contribution is -2.18. The van der Waals surface area contributed by atoms with Gasteiger partial charge in [-0.3, -0.25) is 0 Å². The number of ether oxygens (including phenoxy) is 2. The third kappa shape index (κ3) is 3.65. The number of rotatable bonds is 4. The predicted octanol–water partition coefficient (Wildman–Crippen LogP) is 3.18. The molecule has 6 heteroatoms. The van der Waals surface area contributed by atoms with Crippen molar-refractivity contribution in [1.29, 1.82) is 0 Å². The first-order chi connectivity index (χ1) is 9.27. The molecule has 1 aromatic carbocycles. The number of hydrogen-bond donors (Lipinski definition) is 0. The molecule has 0 amide bonds. The molecule has 0 spiro atoms. The van der Waals surface area contributed by atoms with E-state index >= 15 is 0 Å². The van der Waals surface area contributed by atoms with Gasteiger partial charge in [0.25, 0.3) is 9.05 Å². The van der Waals surface area contributed by atoms with Crippen LogP contribution in [0.2, 0.25) is 0 Å². The van der Waals surface area contributed by atoms with Crippen molar-refractivity contribution in [3.8, 4) is 5.75 Å². The maximum Gasteiger partial charge on any atom is 0.261 e. The van der Waals surface area contributed by atoms with Crippen LogP contribution in [0.25, 0.3) is 0 Å². The van der Waals surface area contributed by atoms with Gasteiger partial charge in [0.1, 0.15) is 12.4 Å². The summed E-state index contributed by atoms with van der Waals surface area (Å²) >= 11 is 0. The Morgan fingerprint density at radius 3 is 2.35 bits per heavy atom. The summed E-state index contributed by atoms with van der Waals surface area (Å²) in [6.45, 7) is 6.16. The van der Waals surface area contributed by atoms with Crippen LogP contribution in [0.3, 0.4) is 0 Å². The van der Waals surface area contributed by atoms with Crippen molar-refractivity contribution in [2.24, 2.45) is 0 Å². The van der Waals surface area contributed by atoms with E-state index in [1.54, 1.807) is 0 Å². The minimum atomic E-state index is -3.71. The lowest BCUT2D eigenvalue weighted by molar-refractivity contribution is 0.0261. The van der Waals surface area contributed by atoms with E-state index in [9.17, 15) is 8.42 Å². The van der Waals surface area contributed by atoms with Crippen LogP contribution in [0, 0.1) is 13.8 Å². The monoisotopic (exact) mass is 318 g/mol. The van der Waals surface area contributed by atoms with Crippen molar-refractivity contribution < 1.29 is 17.9 Å². The van der Waals surface area contributed by atoms with Crippen molar-refractivity contribution in [1.82, 2.24) is 0 Å². The van der Waals surface area contributed by atoms with E-state index in [1.165, 1.54) is 12.1 Å².